The summed E-state index contributed by atoms with van der Waals surface area (Å²) in [6.07, 6.45) is 0. The molecule has 4 heterocycles. The molecule has 5 nitrogen and oxygen atoms in total. The number of rotatable bonds is 4. The van der Waals surface area contributed by atoms with E-state index < -0.39 is 0 Å². The second-order valence-electron chi connectivity index (χ2n) is 12.8. The number of benzene rings is 7. The van der Waals surface area contributed by atoms with Crippen LogP contribution in [-0.2, 0) is 0 Å². The lowest BCUT2D eigenvalue weighted by Crippen LogP contribution is -2.00. The summed E-state index contributed by atoms with van der Waals surface area (Å²) in [4.78, 5) is 15.8. The number of hydrogen-bond donors (Lipinski definition) is 0. The van der Waals surface area contributed by atoms with Crippen LogP contribution in [0.5, 0.6) is 0 Å². The van der Waals surface area contributed by atoms with Crippen molar-refractivity contribution in [3.63, 3.8) is 0 Å². The molecule has 11 rings (SSSR count). The Morgan fingerprint density at radius 1 is 0.451 bits per heavy atom. The highest BCUT2D eigenvalue weighted by Gasteiger charge is 2.21. The summed E-state index contributed by atoms with van der Waals surface area (Å²) in [6.45, 7) is 0. The van der Waals surface area contributed by atoms with E-state index in [-0.39, 0.29) is 0 Å². The average Bonchev–Trinajstić information content (AvgIpc) is 3.87. The third kappa shape index (κ3) is 4.30. The van der Waals surface area contributed by atoms with Crippen molar-refractivity contribution in [3.05, 3.63) is 158 Å². The van der Waals surface area contributed by atoms with Gasteiger partial charge in [-0.3, -0.25) is 0 Å². The Morgan fingerprint density at radius 2 is 1.10 bits per heavy atom. The Kier molecular flexibility index (Phi) is 6.05. The fraction of sp³-hybridized carbons (Fsp3) is 0. The second kappa shape index (κ2) is 10.9. The lowest BCUT2D eigenvalue weighted by molar-refractivity contribution is 0.669. The standard InChI is InChI=1S/C45H26N4OS/c1-2-12-28(13-3-1)49-36-20-7-4-16-32(36)41-33(18-11-21-37(41)49)44-46-43(27-24-25-39-35(26-27)29-14-5-8-22-38(29)50-39)47-45(48-44)34-19-10-17-31-30-15-6-9-23-40(30)51-42(31)34/h1-26H. The zero-order chi connectivity index (χ0) is 33.5. The number of furan rings is 1. The molecule has 0 spiro atoms. The van der Waals surface area contributed by atoms with E-state index in [0.29, 0.717) is 17.5 Å². The van der Waals surface area contributed by atoms with Crippen LogP contribution in [0.15, 0.2) is 162 Å². The minimum atomic E-state index is 0.615. The van der Waals surface area contributed by atoms with Crippen LogP contribution < -0.4 is 0 Å². The minimum Gasteiger partial charge on any atom is -0.456 e. The zero-order valence-electron chi connectivity index (χ0n) is 27.1. The summed E-state index contributed by atoms with van der Waals surface area (Å²) in [5.74, 6) is 1.89. The van der Waals surface area contributed by atoms with E-state index in [1.54, 1.807) is 11.3 Å². The molecule has 0 atom stereocenters. The molecule has 0 unspecified atom stereocenters. The molecule has 11 aromatic rings. The number of fused-ring (bicyclic) bond motifs is 9. The van der Waals surface area contributed by atoms with Gasteiger partial charge in [-0.1, -0.05) is 97.1 Å². The van der Waals surface area contributed by atoms with Gasteiger partial charge in [-0.2, -0.15) is 0 Å². The van der Waals surface area contributed by atoms with Crippen LogP contribution in [0, 0.1) is 0 Å². The molecule has 0 N–H and O–H groups in total. The third-order valence-electron chi connectivity index (χ3n) is 9.87. The summed E-state index contributed by atoms with van der Waals surface area (Å²) in [5.41, 5.74) is 7.89. The maximum Gasteiger partial charge on any atom is 0.165 e. The van der Waals surface area contributed by atoms with Gasteiger partial charge in [0.2, 0.25) is 0 Å². The molecule has 0 aliphatic carbocycles. The van der Waals surface area contributed by atoms with Crippen molar-refractivity contribution in [2.24, 2.45) is 0 Å². The number of hydrogen-bond acceptors (Lipinski definition) is 5. The van der Waals surface area contributed by atoms with E-state index >= 15 is 0 Å². The second-order valence-corrected chi connectivity index (χ2v) is 13.8. The first-order chi connectivity index (χ1) is 25.3. The van der Waals surface area contributed by atoms with E-state index in [9.17, 15) is 0 Å². The first kappa shape index (κ1) is 28.2. The van der Waals surface area contributed by atoms with Crippen LogP contribution in [0.4, 0.5) is 0 Å². The number of nitrogens with zero attached hydrogens (tertiary/aromatic N) is 4. The van der Waals surface area contributed by atoms with Gasteiger partial charge in [-0.05, 0) is 60.7 Å². The first-order valence-corrected chi connectivity index (χ1v) is 17.8. The molecular formula is C45H26N4OS. The van der Waals surface area contributed by atoms with Crippen molar-refractivity contribution < 1.29 is 4.42 Å². The van der Waals surface area contributed by atoms with Crippen LogP contribution >= 0.6 is 11.3 Å². The van der Waals surface area contributed by atoms with Crippen molar-refractivity contribution in [2.45, 2.75) is 0 Å². The SMILES string of the molecule is c1ccc(-n2c3ccccc3c3c(-c4nc(-c5ccc6oc7ccccc7c6c5)nc(-c5cccc6c5sc5ccccc56)n4)cccc32)cc1. The number of aromatic nitrogens is 4. The quantitative estimate of drug-likeness (QED) is 0.187. The van der Waals surface area contributed by atoms with Crippen LogP contribution in [0.25, 0.3) is 104 Å². The van der Waals surface area contributed by atoms with Crippen LogP contribution in [0.2, 0.25) is 0 Å². The lowest BCUT2D eigenvalue weighted by atomic mass is 10.0. The van der Waals surface area contributed by atoms with Gasteiger partial charge in [0.15, 0.2) is 17.5 Å². The average molecular weight is 671 g/mol. The molecule has 0 saturated heterocycles. The van der Waals surface area contributed by atoms with Crippen molar-refractivity contribution in [1.82, 2.24) is 19.5 Å². The highest BCUT2D eigenvalue weighted by molar-refractivity contribution is 7.26. The molecule has 0 bridgehead atoms. The van der Waals surface area contributed by atoms with E-state index in [1.807, 2.05) is 24.3 Å². The molecule has 238 valence electrons. The van der Waals surface area contributed by atoms with E-state index in [1.165, 1.54) is 15.5 Å². The zero-order valence-corrected chi connectivity index (χ0v) is 27.9. The Hall–Kier alpha value is -6.63. The van der Waals surface area contributed by atoms with E-state index in [4.69, 9.17) is 19.4 Å². The molecule has 0 saturated carbocycles. The van der Waals surface area contributed by atoms with Crippen molar-refractivity contribution >= 4 is 75.3 Å². The number of thiophene rings is 1. The molecule has 0 fully saturated rings. The van der Waals surface area contributed by atoms with Gasteiger partial charge < -0.3 is 8.98 Å². The van der Waals surface area contributed by atoms with Gasteiger partial charge >= 0.3 is 0 Å². The smallest absolute Gasteiger partial charge is 0.165 e. The monoisotopic (exact) mass is 670 g/mol. The maximum atomic E-state index is 6.18. The molecule has 0 amide bonds. The van der Waals surface area contributed by atoms with Gasteiger partial charge in [-0.15, -0.1) is 11.3 Å². The highest BCUT2D eigenvalue weighted by Crippen LogP contribution is 2.42. The highest BCUT2D eigenvalue weighted by atomic mass is 32.1. The summed E-state index contributed by atoms with van der Waals surface area (Å²) < 4.78 is 10.9. The van der Waals surface area contributed by atoms with Gasteiger partial charge in [0, 0.05) is 64.1 Å². The molecule has 0 aliphatic rings. The Labute approximate surface area is 295 Å². The fourth-order valence-corrected chi connectivity index (χ4v) is 8.81. The fourth-order valence-electron chi connectivity index (χ4n) is 7.60. The Morgan fingerprint density at radius 3 is 2.00 bits per heavy atom. The predicted octanol–water partition coefficient (Wildman–Crippen LogP) is 12.2. The van der Waals surface area contributed by atoms with Gasteiger partial charge in [0.25, 0.3) is 0 Å². The van der Waals surface area contributed by atoms with E-state index in [0.717, 1.165) is 70.8 Å². The van der Waals surface area contributed by atoms with Crippen molar-refractivity contribution in [1.29, 1.82) is 0 Å². The van der Waals surface area contributed by atoms with Crippen molar-refractivity contribution in [2.75, 3.05) is 0 Å². The molecule has 0 radical (unpaired) electrons. The Balaban J connectivity index is 1.21. The van der Waals surface area contributed by atoms with Crippen LogP contribution in [0.3, 0.4) is 0 Å². The molecule has 7 aromatic carbocycles. The van der Waals surface area contributed by atoms with Crippen LogP contribution in [0.1, 0.15) is 0 Å². The normalized spacial score (nSPS) is 11.9. The maximum absolute atomic E-state index is 6.18. The first-order valence-electron chi connectivity index (χ1n) is 16.9. The summed E-state index contributed by atoms with van der Waals surface area (Å²) in [5, 5.41) is 6.80. The topological polar surface area (TPSA) is 56.7 Å². The summed E-state index contributed by atoms with van der Waals surface area (Å²) in [6, 6.07) is 54.9. The van der Waals surface area contributed by atoms with Gasteiger partial charge in [0.05, 0.1) is 11.0 Å². The van der Waals surface area contributed by atoms with Crippen molar-refractivity contribution in [3.8, 4) is 39.9 Å². The predicted molar refractivity (Wildman–Crippen MR) is 211 cm³/mol. The molecule has 0 aliphatic heterocycles. The minimum absolute atomic E-state index is 0.615. The van der Waals surface area contributed by atoms with Gasteiger partial charge in [-0.25, -0.2) is 15.0 Å². The van der Waals surface area contributed by atoms with Gasteiger partial charge in [0.1, 0.15) is 11.2 Å². The summed E-state index contributed by atoms with van der Waals surface area (Å²) in [7, 11) is 0. The summed E-state index contributed by atoms with van der Waals surface area (Å²) >= 11 is 1.78. The van der Waals surface area contributed by atoms with E-state index in [2.05, 4.69) is 138 Å². The lowest BCUT2D eigenvalue weighted by Gasteiger charge is -2.11. The molecule has 4 aromatic heterocycles. The molecule has 51 heavy (non-hydrogen) atoms. The number of para-hydroxylation sites is 3. The Bertz CT molecular complexity index is 3150. The van der Waals surface area contributed by atoms with Crippen LogP contribution in [-0.4, -0.2) is 19.5 Å². The molecule has 6 heteroatoms. The molecular weight excluding hydrogens is 645 g/mol. The largest absolute Gasteiger partial charge is 0.456 e. The third-order valence-corrected chi connectivity index (χ3v) is 11.1.